The van der Waals surface area contributed by atoms with Crippen LogP contribution in [0.1, 0.15) is 32.1 Å². The number of aliphatic carboxylic acids is 1. The normalized spacial score (nSPS) is 13.0. The number of carbonyl (C=O) groups excluding carboxylic acids is 3. The van der Waals surface area contributed by atoms with Crippen molar-refractivity contribution in [1.82, 2.24) is 10.6 Å². The van der Waals surface area contributed by atoms with Gasteiger partial charge in [0, 0.05) is 6.42 Å². The van der Waals surface area contributed by atoms with Gasteiger partial charge in [-0.1, -0.05) is 0 Å². The molecular weight excluding hydrogens is 306 g/mol. The van der Waals surface area contributed by atoms with E-state index in [0.29, 0.717) is 25.8 Å². The van der Waals surface area contributed by atoms with Crippen molar-refractivity contribution in [2.45, 2.75) is 44.2 Å². The molecule has 0 aromatic carbocycles. The molecule has 0 rings (SSSR count). The molecule has 9 N–H and O–H groups in total. The molecular formula is C13H25N5O5. The zero-order valence-corrected chi connectivity index (χ0v) is 12.9. The summed E-state index contributed by atoms with van der Waals surface area (Å²) in [4.78, 5) is 45.0. The lowest BCUT2D eigenvalue weighted by Crippen LogP contribution is -2.52. The van der Waals surface area contributed by atoms with Crippen LogP contribution in [0.2, 0.25) is 0 Å². The largest absolute Gasteiger partial charge is 0.480 e. The minimum atomic E-state index is -1.19. The standard InChI is InChI=1S/C13H25N5O5/c14-6-2-1-3-9(13(23)17-7-11(20)21)18-12(22)8(15)4-5-10(16)19/h8-9H,1-7,14-15H2,(H2,16,19)(H,17,23)(H,18,22)(H,20,21)/t8-,9-/m0/s1. The van der Waals surface area contributed by atoms with E-state index in [-0.39, 0.29) is 12.8 Å². The monoisotopic (exact) mass is 331 g/mol. The first kappa shape index (κ1) is 20.8. The van der Waals surface area contributed by atoms with Gasteiger partial charge < -0.3 is 32.9 Å². The highest BCUT2D eigenvalue weighted by atomic mass is 16.4. The molecule has 0 heterocycles. The lowest BCUT2D eigenvalue weighted by atomic mass is 10.1. The Kier molecular flexibility index (Phi) is 10.3. The Morgan fingerprint density at radius 1 is 1.04 bits per heavy atom. The van der Waals surface area contributed by atoms with Crippen LogP contribution < -0.4 is 27.8 Å². The molecule has 0 fully saturated rings. The van der Waals surface area contributed by atoms with E-state index < -0.39 is 42.3 Å². The van der Waals surface area contributed by atoms with Crippen LogP contribution >= 0.6 is 0 Å². The molecule has 2 atom stereocenters. The molecule has 3 amide bonds. The van der Waals surface area contributed by atoms with Crippen molar-refractivity contribution in [3.63, 3.8) is 0 Å². The summed E-state index contributed by atoms with van der Waals surface area (Å²) in [6.07, 6.45) is 1.56. The van der Waals surface area contributed by atoms with Gasteiger partial charge in [-0.15, -0.1) is 0 Å². The first-order chi connectivity index (χ1) is 10.8. The summed E-state index contributed by atoms with van der Waals surface area (Å²) in [5, 5.41) is 13.2. The summed E-state index contributed by atoms with van der Waals surface area (Å²) in [6, 6.07) is -1.89. The van der Waals surface area contributed by atoms with Crippen molar-refractivity contribution in [3.05, 3.63) is 0 Å². The van der Waals surface area contributed by atoms with Crippen molar-refractivity contribution in [3.8, 4) is 0 Å². The van der Waals surface area contributed by atoms with Crippen LogP contribution in [0.5, 0.6) is 0 Å². The molecule has 132 valence electrons. The van der Waals surface area contributed by atoms with Gasteiger partial charge in [-0.25, -0.2) is 0 Å². The Balaban J connectivity index is 4.58. The Labute approximate surface area is 134 Å². The van der Waals surface area contributed by atoms with Crippen LogP contribution in [0.3, 0.4) is 0 Å². The van der Waals surface area contributed by atoms with E-state index >= 15 is 0 Å². The van der Waals surface area contributed by atoms with Crippen LogP contribution in [0.25, 0.3) is 0 Å². The van der Waals surface area contributed by atoms with Crippen molar-refractivity contribution in [2.24, 2.45) is 17.2 Å². The minimum Gasteiger partial charge on any atom is -0.480 e. The van der Waals surface area contributed by atoms with E-state index in [4.69, 9.17) is 22.3 Å². The van der Waals surface area contributed by atoms with Gasteiger partial charge in [0.05, 0.1) is 6.04 Å². The number of amides is 3. The fourth-order valence-corrected chi connectivity index (χ4v) is 1.76. The van der Waals surface area contributed by atoms with Gasteiger partial charge in [0.2, 0.25) is 17.7 Å². The molecule has 0 aromatic heterocycles. The molecule has 0 saturated carbocycles. The molecule has 10 nitrogen and oxygen atoms in total. The topological polar surface area (TPSA) is 191 Å². The van der Waals surface area contributed by atoms with Crippen molar-refractivity contribution in [2.75, 3.05) is 13.1 Å². The summed E-state index contributed by atoms with van der Waals surface area (Å²) in [5.41, 5.74) is 16.0. The highest BCUT2D eigenvalue weighted by Crippen LogP contribution is 2.03. The van der Waals surface area contributed by atoms with Gasteiger partial charge in [-0.05, 0) is 32.2 Å². The van der Waals surface area contributed by atoms with Gasteiger partial charge in [0.25, 0.3) is 0 Å². The van der Waals surface area contributed by atoms with Crippen LogP contribution in [0.4, 0.5) is 0 Å². The average molecular weight is 331 g/mol. The van der Waals surface area contributed by atoms with Gasteiger partial charge in [-0.3, -0.25) is 19.2 Å². The number of hydrogen-bond acceptors (Lipinski definition) is 6. The lowest BCUT2D eigenvalue weighted by molar-refractivity contribution is -0.138. The van der Waals surface area contributed by atoms with Gasteiger partial charge in [-0.2, -0.15) is 0 Å². The predicted octanol–water partition coefficient (Wildman–Crippen LogP) is -2.61. The SMILES string of the molecule is NCCCC[C@H](NC(=O)[C@@H](N)CCC(N)=O)C(=O)NCC(=O)O. The number of primary amides is 1. The number of nitrogens with two attached hydrogens (primary N) is 3. The van der Waals surface area contributed by atoms with E-state index in [1.54, 1.807) is 0 Å². The van der Waals surface area contributed by atoms with Crippen LogP contribution in [0.15, 0.2) is 0 Å². The number of rotatable bonds is 12. The maximum absolute atomic E-state index is 11.9. The molecule has 0 unspecified atom stereocenters. The third-order valence-corrected chi connectivity index (χ3v) is 3.03. The highest BCUT2D eigenvalue weighted by Gasteiger charge is 2.23. The summed E-state index contributed by atoms with van der Waals surface area (Å²) < 4.78 is 0. The summed E-state index contributed by atoms with van der Waals surface area (Å²) in [7, 11) is 0. The Hall–Kier alpha value is -2.20. The minimum absolute atomic E-state index is 0.0440. The molecule has 0 bridgehead atoms. The van der Waals surface area contributed by atoms with Crippen molar-refractivity contribution >= 4 is 23.7 Å². The summed E-state index contributed by atoms with van der Waals surface area (Å²) in [5.74, 6) is -2.98. The maximum atomic E-state index is 11.9. The number of nitrogens with one attached hydrogen (secondary N) is 2. The van der Waals surface area contributed by atoms with Gasteiger partial charge in [0.1, 0.15) is 12.6 Å². The molecule has 0 radical (unpaired) electrons. The molecule has 0 aliphatic heterocycles. The zero-order chi connectivity index (χ0) is 17.8. The zero-order valence-electron chi connectivity index (χ0n) is 12.9. The third-order valence-electron chi connectivity index (χ3n) is 3.03. The third kappa shape index (κ3) is 10.2. The molecule has 0 aliphatic rings. The van der Waals surface area contributed by atoms with Crippen LogP contribution in [0, 0.1) is 0 Å². The molecule has 0 spiro atoms. The highest BCUT2D eigenvalue weighted by molar-refractivity contribution is 5.91. The Bertz CT molecular complexity index is 429. The van der Waals surface area contributed by atoms with E-state index in [9.17, 15) is 19.2 Å². The van der Waals surface area contributed by atoms with E-state index in [0.717, 1.165) is 0 Å². The number of carboxylic acids is 1. The molecule has 0 aromatic rings. The van der Waals surface area contributed by atoms with E-state index in [2.05, 4.69) is 10.6 Å². The quantitative estimate of drug-likeness (QED) is 0.211. The molecule has 10 heteroatoms. The first-order valence-electron chi connectivity index (χ1n) is 7.31. The molecule has 23 heavy (non-hydrogen) atoms. The Morgan fingerprint density at radius 3 is 2.22 bits per heavy atom. The van der Waals surface area contributed by atoms with Crippen molar-refractivity contribution in [1.29, 1.82) is 0 Å². The average Bonchev–Trinajstić information content (AvgIpc) is 2.49. The number of hydrogen-bond donors (Lipinski definition) is 6. The Morgan fingerprint density at radius 2 is 1.70 bits per heavy atom. The molecule has 0 aliphatic carbocycles. The fraction of sp³-hybridized carbons (Fsp3) is 0.692. The fourth-order valence-electron chi connectivity index (χ4n) is 1.76. The van der Waals surface area contributed by atoms with Crippen LogP contribution in [-0.4, -0.2) is 54.0 Å². The second-order valence-electron chi connectivity index (χ2n) is 5.07. The number of carbonyl (C=O) groups is 4. The lowest BCUT2D eigenvalue weighted by Gasteiger charge is -2.20. The van der Waals surface area contributed by atoms with Crippen LogP contribution in [-0.2, 0) is 19.2 Å². The second-order valence-corrected chi connectivity index (χ2v) is 5.07. The molecule has 0 saturated heterocycles. The van der Waals surface area contributed by atoms with E-state index in [1.165, 1.54) is 0 Å². The second kappa shape index (κ2) is 11.4. The maximum Gasteiger partial charge on any atom is 0.322 e. The predicted molar refractivity (Wildman–Crippen MR) is 81.9 cm³/mol. The summed E-state index contributed by atoms with van der Waals surface area (Å²) in [6.45, 7) is -0.106. The van der Waals surface area contributed by atoms with Gasteiger partial charge >= 0.3 is 5.97 Å². The van der Waals surface area contributed by atoms with Gasteiger partial charge in [0.15, 0.2) is 0 Å². The van der Waals surface area contributed by atoms with E-state index in [1.807, 2.05) is 0 Å². The van der Waals surface area contributed by atoms with Crippen molar-refractivity contribution < 1.29 is 24.3 Å². The first-order valence-corrected chi connectivity index (χ1v) is 7.31. The summed E-state index contributed by atoms with van der Waals surface area (Å²) >= 11 is 0. The smallest absolute Gasteiger partial charge is 0.322 e. The number of unbranched alkanes of at least 4 members (excludes halogenated alkanes) is 1. The number of carboxylic acid groups (broad SMARTS) is 1.